The van der Waals surface area contributed by atoms with Crippen LogP contribution in [0.1, 0.15) is 69.5 Å². The molecule has 4 heteroatoms. The number of hydrogen-bond acceptors (Lipinski definition) is 3. The molecule has 4 nitrogen and oxygen atoms in total. The Hall–Kier alpha value is -0.870. The van der Waals surface area contributed by atoms with E-state index in [2.05, 4.69) is 22.3 Å². The first-order valence-corrected chi connectivity index (χ1v) is 8.74. The van der Waals surface area contributed by atoms with Gasteiger partial charge < -0.3 is 10.1 Å². The number of aromatic nitrogens is 2. The Balaban J connectivity index is 1.40. The summed E-state index contributed by atoms with van der Waals surface area (Å²) in [5, 5.41) is 8.36. The van der Waals surface area contributed by atoms with Gasteiger partial charge in [0.15, 0.2) is 0 Å². The lowest BCUT2D eigenvalue weighted by atomic mass is 9.78. The Morgan fingerprint density at radius 1 is 1.24 bits per heavy atom. The second-order valence-corrected chi connectivity index (χ2v) is 7.18. The number of hydrogen-bond donors (Lipinski definition) is 1. The highest BCUT2D eigenvalue weighted by atomic mass is 16.5. The van der Waals surface area contributed by atoms with Crippen molar-refractivity contribution in [1.29, 1.82) is 0 Å². The predicted molar refractivity (Wildman–Crippen MR) is 82.1 cm³/mol. The van der Waals surface area contributed by atoms with Gasteiger partial charge in [-0.2, -0.15) is 5.10 Å². The Labute approximate surface area is 127 Å². The lowest BCUT2D eigenvalue weighted by molar-refractivity contribution is -0.115. The van der Waals surface area contributed by atoms with Gasteiger partial charge in [0, 0.05) is 25.4 Å². The standard InChI is InChI=1S/C17H27N3O/c1-2-8-17(9-3-1)12-16(7-11-21-17)20-10-6-15(19-20)13-18-14-4-5-14/h6,10,14,16,18H,1-5,7-9,11-13H2. The van der Waals surface area contributed by atoms with Gasteiger partial charge in [0.25, 0.3) is 0 Å². The van der Waals surface area contributed by atoms with Crippen LogP contribution < -0.4 is 5.32 Å². The van der Waals surface area contributed by atoms with Gasteiger partial charge in [-0.25, -0.2) is 0 Å². The molecule has 1 unspecified atom stereocenters. The fourth-order valence-electron chi connectivity index (χ4n) is 3.98. The molecule has 1 atom stereocenters. The highest BCUT2D eigenvalue weighted by Crippen LogP contribution is 2.42. The summed E-state index contributed by atoms with van der Waals surface area (Å²) in [6, 6.07) is 3.47. The first kappa shape index (κ1) is 13.8. The normalized spacial score (nSPS) is 28.9. The summed E-state index contributed by atoms with van der Waals surface area (Å²) >= 11 is 0. The van der Waals surface area contributed by atoms with E-state index in [4.69, 9.17) is 9.84 Å². The third-order valence-electron chi connectivity index (χ3n) is 5.42. The van der Waals surface area contributed by atoms with Crippen LogP contribution >= 0.6 is 0 Å². The maximum Gasteiger partial charge on any atom is 0.0762 e. The van der Waals surface area contributed by atoms with Crippen molar-refractivity contribution < 1.29 is 4.74 Å². The van der Waals surface area contributed by atoms with Crippen LogP contribution in [0.2, 0.25) is 0 Å². The van der Waals surface area contributed by atoms with Gasteiger partial charge in [-0.05, 0) is 44.6 Å². The molecule has 3 fully saturated rings. The Bertz CT molecular complexity index is 469. The molecule has 3 aliphatic rings. The summed E-state index contributed by atoms with van der Waals surface area (Å²) < 4.78 is 8.41. The van der Waals surface area contributed by atoms with E-state index in [-0.39, 0.29) is 5.60 Å². The van der Waals surface area contributed by atoms with E-state index in [0.29, 0.717) is 6.04 Å². The second kappa shape index (κ2) is 5.73. The van der Waals surface area contributed by atoms with Crippen LogP contribution in [-0.2, 0) is 11.3 Å². The Kier molecular flexibility index (Phi) is 3.76. The molecular formula is C17H27N3O. The van der Waals surface area contributed by atoms with Crippen LogP contribution in [0.4, 0.5) is 0 Å². The molecule has 21 heavy (non-hydrogen) atoms. The molecule has 2 saturated carbocycles. The van der Waals surface area contributed by atoms with Crippen molar-refractivity contribution in [3.63, 3.8) is 0 Å². The molecule has 1 spiro atoms. The third-order valence-corrected chi connectivity index (χ3v) is 5.42. The fourth-order valence-corrected chi connectivity index (χ4v) is 3.98. The molecule has 1 aliphatic heterocycles. The molecule has 4 rings (SSSR count). The van der Waals surface area contributed by atoms with Gasteiger partial charge in [-0.15, -0.1) is 0 Å². The van der Waals surface area contributed by atoms with Crippen LogP contribution in [0.25, 0.3) is 0 Å². The summed E-state index contributed by atoms with van der Waals surface area (Å²) in [6.07, 6.45) is 13.7. The van der Waals surface area contributed by atoms with Gasteiger partial charge in [0.2, 0.25) is 0 Å². The van der Waals surface area contributed by atoms with Crippen molar-refractivity contribution in [3.05, 3.63) is 18.0 Å². The van der Waals surface area contributed by atoms with E-state index in [0.717, 1.165) is 32.0 Å². The van der Waals surface area contributed by atoms with Crippen molar-refractivity contribution in [2.45, 2.75) is 82.0 Å². The van der Waals surface area contributed by atoms with E-state index in [1.807, 2.05) is 0 Å². The molecule has 0 amide bonds. The maximum absolute atomic E-state index is 6.20. The molecule has 1 aromatic heterocycles. The van der Waals surface area contributed by atoms with E-state index in [1.165, 1.54) is 50.6 Å². The number of nitrogens with zero attached hydrogens (tertiary/aromatic N) is 2. The highest BCUT2D eigenvalue weighted by molar-refractivity contribution is 5.02. The highest BCUT2D eigenvalue weighted by Gasteiger charge is 2.39. The molecule has 2 heterocycles. The largest absolute Gasteiger partial charge is 0.375 e. The average Bonchev–Trinajstić information content (AvgIpc) is 3.22. The minimum atomic E-state index is 0.166. The van der Waals surface area contributed by atoms with E-state index in [1.54, 1.807) is 0 Å². The quantitative estimate of drug-likeness (QED) is 0.925. The molecule has 1 aromatic rings. The molecule has 116 valence electrons. The van der Waals surface area contributed by atoms with Gasteiger partial charge >= 0.3 is 0 Å². The van der Waals surface area contributed by atoms with Gasteiger partial charge in [-0.3, -0.25) is 4.68 Å². The second-order valence-electron chi connectivity index (χ2n) is 7.18. The summed E-state index contributed by atoms with van der Waals surface area (Å²) in [4.78, 5) is 0. The van der Waals surface area contributed by atoms with Gasteiger partial charge in [0.1, 0.15) is 0 Å². The molecule has 0 radical (unpaired) electrons. The van der Waals surface area contributed by atoms with Crippen molar-refractivity contribution in [2.75, 3.05) is 6.61 Å². The Morgan fingerprint density at radius 3 is 2.90 bits per heavy atom. The van der Waals surface area contributed by atoms with Crippen molar-refractivity contribution in [2.24, 2.45) is 0 Å². The molecule has 0 bridgehead atoms. The first-order chi connectivity index (χ1) is 10.3. The molecular weight excluding hydrogens is 262 g/mol. The summed E-state index contributed by atoms with van der Waals surface area (Å²) in [7, 11) is 0. The molecule has 1 saturated heterocycles. The third kappa shape index (κ3) is 3.16. The minimum Gasteiger partial charge on any atom is -0.375 e. The minimum absolute atomic E-state index is 0.166. The van der Waals surface area contributed by atoms with Crippen LogP contribution in [0.3, 0.4) is 0 Å². The van der Waals surface area contributed by atoms with Crippen molar-refractivity contribution in [3.8, 4) is 0 Å². The zero-order chi connectivity index (χ0) is 14.1. The zero-order valence-corrected chi connectivity index (χ0v) is 12.9. The monoisotopic (exact) mass is 289 g/mol. The lowest BCUT2D eigenvalue weighted by Gasteiger charge is -2.43. The molecule has 0 aromatic carbocycles. The Morgan fingerprint density at radius 2 is 2.10 bits per heavy atom. The number of rotatable bonds is 4. The van der Waals surface area contributed by atoms with Crippen LogP contribution in [-0.4, -0.2) is 28.0 Å². The van der Waals surface area contributed by atoms with Crippen LogP contribution in [0, 0.1) is 0 Å². The predicted octanol–water partition coefficient (Wildman–Crippen LogP) is 3.19. The smallest absolute Gasteiger partial charge is 0.0762 e. The summed E-state index contributed by atoms with van der Waals surface area (Å²) in [6.45, 7) is 1.83. The van der Waals surface area contributed by atoms with E-state index < -0.39 is 0 Å². The maximum atomic E-state index is 6.20. The summed E-state index contributed by atoms with van der Waals surface area (Å²) in [5.74, 6) is 0. The van der Waals surface area contributed by atoms with E-state index in [9.17, 15) is 0 Å². The van der Waals surface area contributed by atoms with Gasteiger partial charge in [-0.1, -0.05) is 19.3 Å². The van der Waals surface area contributed by atoms with E-state index >= 15 is 0 Å². The summed E-state index contributed by atoms with van der Waals surface area (Å²) in [5.41, 5.74) is 1.35. The fraction of sp³-hybridized carbons (Fsp3) is 0.824. The zero-order valence-electron chi connectivity index (χ0n) is 12.9. The van der Waals surface area contributed by atoms with Gasteiger partial charge in [0.05, 0.1) is 17.3 Å². The number of nitrogens with one attached hydrogen (secondary N) is 1. The van der Waals surface area contributed by atoms with Crippen LogP contribution in [0.5, 0.6) is 0 Å². The number of ether oxygens (including phenoxy) is 1. The van der Waals surface area contributed by atoms with Crippen molar-refractivity contribution in [1.82, 2.24) is 15.1 Å². The molecule has 2 aliphatic carbocycles. The topological polar surface area (TPSA) is 39.1 Å². The average molecular weight is 289 g/mol. The molecule has 1 N–H and O–H groups in total. The SMILES string of the molecule is c1cn(C2CCOC3(CCCCC3)C2)nc1CNC1CC1. The first-order valence-electron chi connectivity index (χ1n) is 8.74. The lowest BCUT2D eigenvalue weighted by Crippen LogP contribution is -2.42. The van der Waals surface area contributed by atoms with Crippen LogP contribution in [0.15, 0.2) is 12.3 Å². The van der Waals surface area contributed by atoms with Crippen molar-refractivity contribution >= 4 is 0 Å².